The lowest BCUT2D eigenvalue weighted by Crippen LogP contribution is -2.51. The van der Waals surface area contributed by atoms with Crippen LogP contribution in [0.4, 0.5) is 28.4 Å². The molecule has 0 saturated carbocycles. The zero-order chi connectivity index (χ0) is 19.0. The van der Waals surface area contributed by atoms with Gasteiger partial charge in [0.15, 0.2) is 0 Å². The van der Waals surface area contributed by atoms with Crippen LogP contribution in [0, 0.1) is 0 Å². The third kappa shape index (κ3) is 1.80. The minimum absolute atomic E-state index is 0.269. The van der Waals surface area contributed by atoms with Crippen LogP contribution in [0.2, 0.25) is 0 Å². The number of rotatable bonds is 1. The van der Waals surface area contributed by atoms with Gasteiger partial charge in [-0.15, -0.1) is 0 Å². The summed E-state index contributed by atoms with van der Waals surface area (Å²) in [6.45, 7) is 0. The molecule has 0 aliphatic carbocycles. The van der Waals surface area contributed by atoms with E-state index in [2.05, 4.69) is 114 Å². The summed E-state index contributed by atoms with van der Waals surface area (Å²) < 4.78 is 0. The highest BCUT2D eigenvalue weighted by Gasteiger charge is 2.53. The molecule has 0 spiro atoms. The molecular weight excluding hydrogens is 344 g/mol. The van der Waals surface area contributed by atoms with Gasteiger partial charge in [0.25, 0.3) is 0 Å². The first-order valence-corrected chi connectivity index (χ1v) is 9.93. The van der Waals surface area contributed by atoms with Gasteiger partial charge in [0.05, 0.1) is 28.7 Å². The van der Waals surface area contributed by atoms with E-state index in [1.807, 2.05) is 0 Å². The summed E-state index contributed by atoms with van der Waals surface area (Å²) in [5.41, 5.74) is 8.02. The van der Waals surface area contributed by atoms with E-state index in [4.69, 9.17) is 0 Å². The molecule has 3 aliphatic rings. The predicted molar refractivity (Wildman–Crippen MR) is 117 cm³/mol. The van der Waals surface area contributed by atoms with E-state index in [1.54, 1.807) is 0 Å². The van der Waals surface area contributed by atoms with E-state index in [1.165, 1.54) is 34.0 Å². The second-order valence-corrected chi connectivity index (χ2v) is 8.09. The Balaban J connectivity index is 1.54. The van der Waals surface area contributed by atoms with Crippen molar-refractivity contribution >= 4 is 28.4 Å². The minimum atomic E-state index is 0.269. The monoisotopic (exact) mass is 368 g/mol. The number of anilines is 5. The van der Waals surface area contributed by atoms with Gasteiger partial charge in [0.2, 0.25) is 0 Å². The molecule has 0 fully saturated rings. The Labute approximate surface area is 166 Å². The van der Waals surface area contributed by atoms with Crippen LogP contribution < -0.4 is 19.6 Å². The minimum Gasteiger partial charge on any atom is -0.352 e. The van der Waals surface area contributed by atoms with Crippen LogP contribution in [-0.4, -0.2) is 33.5 Å². The van der Waals surface area contributed by atoms with Gasteiger partial charge >= 0.3 is 0 Å². The highest BCUT2D eigenvalue weighted by atomic mass is 15.5. The van der Waals surface area contributed by atoms with Gasteiger partial charge in [-0.1, -0.05) is 42.5 Å². The van der Waals surface area contributed by atoms with Crippen LogP contribution in [-0.2, 0) is 0 Å². The van der Waals surface area contributed by atoms with Crippen molar-refractivity contribution in [1.29, 1.82) is 0 Å². The van der Waals surface area contributed by atoms with Gasteiger partial charge < -0.3 is 19.6 Å². The molecule has 140 valence electrons. The average Bonchev–Trinajstić information content (AvgIpc) is 3.31. The SMILES string of the molecule is CN1c2ccccc2N(C)C1C1c2ccccc2N2c3ccccc3N(C)C12. The zero-order valence-electron chi connectivity index (χ0n) is 16.4. The van der Waals surface area contributed by atoms with Crippen molar-refractivity contribution in [1.82, 2.24) is 0 Å². The smallest absolute Gasteiger partial charge is 0.117 e. The van der Waals surface area contributed by atoms with Crippen molar-refractivity contribution in [3.05, 3.63) is 78.4 Å². The number of hydrogen-bond donors (Lipinski definition) is 0. The number of likely N-dealkylation sites (N-methyl/N-ethyl adjacent to an activating group) is 3. The van der Waals surface area contributed by atoms with Crippen molar-refractivity contribution < 1.29 is 0 Å². The predicted octanol–water partition coefficient (Wildman–Crippen LogP) is 4.61. The Kier molecular flexibility index (Phi) is 3.09. The van der Waals surface area contributed by atoms with Crippen LogP contribution in [0.15, 0.2) is 72.8 Å². The summed E-state index contributed by atoms with van der Waals surface area (Å²) in [5.74, 6) is 0.344. The van der Waals surface area contributed by atoms with E-state index in [-0.39, 0.29) is 12.3 Å². The number of para-hydroxylation sites is 5. The number of nitrogens with zero attached hydrogens (tertiary/aromatic N) is 4. The first-order valence-electron chi connectivity index (χ1n) is 9.93. The van der Waals surface area contributed by atoms with Gasteiger partial charge in [0, 0.05) is 26.8 Å². The lowest BCUT2D eigenvalue weighted by molar-refractivity contribution is 0.463. The van der Waals surface area contributed by atoms with Gasteiger partial charge in [-0.3, -0.25) is 0 Å². The number of fused-ring (bicyclic) bond motifs is 6. The first kappa shape index (κ1) is 15.9. The summed E-state index contributed by atoms with van der Waals surface area (Å²) in [6, 6.07) is 26.5. The van der Waals surface area contributed by atoms with Crippen molar-refractivity contribution in [2.24, 2.45) is 0 Å². The van der Waals surface area contributed by atoms with E-state index in [0.717, 1.165) is 0 Å². The molecule has 6 rings (SSSR count). The molecule has 0 N–H and O–H groups in total. The molecular formula is C24H24N4. The molecule has 0 amide bonds. The highest BCUT2D eigenvalue weighted by molar-refractivity contribution is 5.89. The van der Waals surface area contributed by atoms with E-state index < -0.39 is 0 Å². The van der Waals surface area contributed by atoms with Gasteiger partial charge in [-0.25, -0.2) is 0 Å². The summed E-state index contributed by atoms with van der Waals surface area (Å²) in [4.78, 5) is 9.92. The van der Waals surface area contributed by atoms with Gasteiger partial charge in [-0.2, -0.15) is 0 Å². The van der Waals surface area contributed by atoms with E-state index in [0.29, 0.717) is 5.92 Å². The topological polar surface area (TPSA) is 13.0 Å². The Morgan fingerprint density at radius 2 is 0.929 bits per heavy atom. The van der Waals surface area contributed by atoms with E-state index in [9.17, 15) is 0 Å². The van der Waals surface area contributed by atoms with E-state index >= 15 is 0 Å². The third-order valence-corrected chi connectivity index (χ3v) is 6.82. The molecule has 2 atom stereocenters. The average molecular weight is 368 g/mol. The fourth-order valence-corrected chi connectivity index (χ4v) is 5.65. The molecule has 28 heavy (non-hydrogen) atoms. The molecule has 4 nitrogen and oxygen atoms in total. The summed E-state index contributed by atoms with van der Waals surface area (Å²) in [7, 11) is 6.71. The van der Waals surface area contributed by atoms with Gasteiger partial charge in [0.1, 0.15) is 12.3 Å². The van der Waals surface area contributed by atoms with Crippen LogP contribution in [0.1, 0.15) is 11.5 Å². The molecule has 3 aromatic carbocycles. The Hall–Kier alpha value is -3.14. The molecule has 3 heterocycles. The third-order valence-electron chi connectivity index (χ3n) is 6.82. The van der Waals surface area contributed by atoms with Crippen LogP contribution in [0.3, 0.4) is 0 Å². The maximum absolute atomic E-state index is 2.54. The fourth-order valence-electron chi connectivity index (χ4n) is 5.65. The Morgan fingerprint density at radius 3 is 1.54 bits per heavy atom. The van der Waals surface area contributed by atoms with Gasteiger partial charge in [-0.05, 0) is 35.9 Å². The lowest BCUT2D eigenvalue weighted by atomic mass is 9.94. The standard InChI is InChI=1S/C24H24N4/c1-25-18-12-6-7-13-19(18)26(2)23(25)22-16-10-4-5-11-17(16)28-21-15-9-8-14-20(21)27(3)24(22)28/h4-15,22-24H,1-3H3. The van der Waals surface area contributed by atoms with Crippen molar-refractivity contribution in [2.75, 3.05) is 40.7 Å². The molecule has 0 radical (unpaired) electrons. The maximum atomic E-state index is 2.54. The normalized spacial score (nSPS) is 22.4. The first-order chi connectivity index (χ1) is 13.7. The molecule has 3 aromatic rings. The van der Waals surface area contributed by atoms with Crippen LogP contribution in [0.25, 0.3) is 0 Å². The summed E-state index contributed by atoms with van der Waals surface area (Å²) in [5, 5.41) is 0. The van der Waals surface area contributed by atoms with Crippen molar-refractivity contribution in [3.63, 3.8) is 0 Å². The summed E-state index contributed by atoms with van der Waals surface area (Å²) in [6.07, 6.45) is 0.546. The molecule has 3 aliphatic heterocycles. The van der Waals surface area contributed by atoms with Crippen molar-refractivity contribution in [2.45, 2.75) is 18.2 Å². The largest absolute Gasteiger partial charge is 0.352 e. The molecule has 0 bridgehead atoms. The molecule has 0 aromatic heterocycles. The molecule has 4 heteroatoms. The number of hydrogen-bond acceptors (Lipinski definition) is 4. The highest BCUT2D eigenvalue weighted by Crippen LogP contribution is 2.57. The quantitative estimate of drug-likeness (QED) is 0.622. The second kappa shape index (κ2) is 5.44. The van der Waals surface area contributed by atoms with Crippen LogP contribution >= 0.6 is 0 Å². The molecule has 0 saturated heterocycles. The summed E-state index contributed by atoms with van der Waals surface area (Å²) >= 11 is 0. The second-order valence-electron chi connectivity index (χ2n) is 8.09. The van der Waals surface area contributed by atoms with Crippen molar-refractivity contribution in [3.8, 4) is 0 Å². The molecule has 2 unspecified atom stereocenters. The fraction of sp³-hybridized carbons (Fsp3) is 0.250. The Bertz CT molecular complexity index is 1040. The zero-order valence-corrected chi connectivity index (χ0v) is 16.4. The van der Waals surface area contributed by atoms with Crippen LogP contribution in [0.5, 0.6) is 0 Å². The Morgan fingerprint density at radius 1 is 0.500 bits per heavy atom. The lowest BCUT2D eigenvalue weighted by Gasteiger charge is -2.39. The number of benzene rings is 3. The maximum Gasteiger partial charge on any atom is 0.117 e.